The van der Waals surface area contributed by atoms with Gasteiger partial charge in [0.25, 0.3) is 5.91 Å². The van der Waals surface area contributed by atoms with Crippen LogP contribution in [0.25, 0.3) is 0 Å². The molecule has 1 aromatic heterocycles. The van der Waals surface area contributed by atoms with Crippen LogP contribution in [0.4, 0.5) is 0 Å². The minimum atomic E-state index is -0.235. The van der Waals surface area contributed by atoms with Gasteiger partial charge in [0.2, 0.25) is 0 Å². The van der Waals surface area contributed by atoms with E-state index in [9.17, 15) is 9.90 Å². The van der Waals surface area contributed by atoms with E-state index in [4.69, 9.17) is 0 Å². The van der Waals surface area contributed by atoms with Crippen LogP contribution in [0, 0.1) is 6.92 Å². The van der Waals surface area contributed by atoms with Gasteiger partial charge in [-0.25, -0.2) is 4.98 Å². The summed E-state index contributed by atoms with van der Waals surface area (Å²) in [7, 11) is 0. The zero-order valence-electron chi connectivity index (χ0n) is 12.1. The molecule has 1 saturated heterocycles. The van der Waals surface area contributed by atoms with Gasteiger partial charge in [-0.1, -0.05) is 6.92 Å². The Bertz CT molecular complexity index is 441. The van der Waals surface area contributed by atoms with E-state index in [1.54, 1.807) is 5.51 Å². The van der Waals surface area contributed by atoms with E-state index >= 15 is 0 Å². The van der Waals surface area contributed by atoms with Crippen molar-refractivity contribution in [3.05, 3.63) is 16.1 Å². The van der Waals surface area contributed by atoms with Gasteiger partial charge in [-0.15, -0.1) is 11.3 Å². The Kier molecular flexibility index (Phi) is 5.51. The van der Waals surface area contributed by atoms with Crippen molar-refractivity contribution in [1.82, 2.24) is 15.2 Å². The summed E-state index contributed by atoms with van der Waals surface area (Å²) < 4.78 is 0. The van der Waals surface area contributed by atoms with E-state index in [2.05, 4.69) is 15.2 Å². The zero-order chi connectivity index (χ0) is 14.5. The Morgan fingerprint density at radius 1 is 1.60 bits per heavy atom. The third-order valence-corrected chi connectivity index (χ3v) is 4.74. The monoisotopic (exact) mass is 297 g/mol. The molecule has 2 N–H and O–H groups in total. The molecule has 0 bridgehead atoms. The Balaban J connectivity index is 1.77. The maximum atomic E-state index is 12.1. The number of hydrogen-bond donors (Lipinski definition) is 2. The normalized spacial score (nSPS) is 18.9. The largest absolute Gasteiger partial charge is 0.392 e. The number of piperidine rings is 1. The highest BCUT2D eigenvalue weighted by Crippen LogP contribution is 2.15. The molecule has 0 spiro atoms. The first-order valence-electron chi connectivity index (χ1n) is 7.21. The number of carbonyl (C=O) groups excluding carboxylic acids is 1. The second-order valence-corrected chi connectivity index (χ2v) is 6.23. The molecule has 2 rings (SSSR count). The predicted molar refractivity (Wildman–Crippen MR) is 80.1 cm³/mol. The van der Waals surface area contributed by atoms with Crippen molar-refractivity contribution in [2.45, 2.75) is 45.3 Å². The zero-order valence-corrected chi connectivity index (χ0v) is 12.9. The first-order chi connectivity index (χ1) is 9.60. The molecular weight excluding hydrogens is 274 g/mol. The van der Waals surface area contributed by atoms with Crippen molar-refractivity contribution in [3.8, 4) is 0 Å². The third-order valence-electron chi connectivity index (χ3n) is 3.81. The van der Waals surface area contributed by atoms with Gasteiger partial charge in [-0.3, -0.25) is 4.79 Å². The lowest BCUT2D eigenvalue weighted by Gasteiger charge is -2.33. The Hall–Kier alpha value is -0.980. The fraction of sp³-hybridized carbons (Fsp3) is 0.714. The molecule has 6 heteroatoms. The lowest BCUT2D eigenvalue weighted by atomic mass is 10.0. The second kappa shape index (κ2) is 7.15. The van der Waals surface area contributed by atoms with Gasteiger partial charge in [0.05, 0.1) is 17.3 Å². The molecule has 1 unspecified atom stereocenters. The van der Waals surface area contributed by atoms with Gasteiger partial charge >= 0.3 is 0 Å². The van der Waals surface area contributed by atoms with Crippen molar-refractivity contribution in [1.29, 1.82) is 0 Å². The van der Waals surface area contributed by atoms with Crippen LogP contribution in [0.5, 0.6) is 0 Å². The van der Waals surface area contributed by atoms with E-state index in [-0.39, 0.29) is 18.1 Å². The quantitative estimate of drug-likeness (QED) is 0.862. The number of carbonyl (C=O) groups is 1. The van der Waals surface area contributed by atoms with Crippen LogP contribution in [0.15, 0.2) is 5.51 Å². The number of likely N-dealkylation sites (tertiary alicyclic amines) is 1. The minimum Gasteiger partial charge on any atom is -0.392 e. The Labute approximate surface area is 124 Å². The average molecular weight is 297 g/mol. The lowest BCUT2D eigenvalue weighted by molar-refractivity contribution is 0.0819. The van der Waals surface area contributed by atoms with Crippen LogP contribution >= 0.6 is 11.3 Å². The van der Waals surface area contributed by atoms with Crippen LogP contribution < -0.4 is 5.32 Å². The topological polar surface area (TPSA) is 65.5 Å². The smallest absolute Gasteiger partial charge is 0.263 e. The summed E-state index contributed by atoms with van der Waals surface area (Å²) in [5.74, 6) is -0.00274. The summed E-state index contributed by atoms with van der Waals surface area (Å²) in [5, 5.41) is 12.8. The van der Waals surface area contributed by atoms with Crippen molar-refractivity contribution < 1.29 is 9.90 Å². The molecule has 1 aliphatic rings. The van der Waals surface area contributed by atoms with E-state index in [1.807, 2.05) is 13.8 Å². The summed E-state index contributed by atoms with van der Waals surface area (Å²) >= 11 is 1.39. The van der Waals surface area contributed by atoms with Gasteiger partial charge in [0.1, 0.15) is 4.88 Å². The van der Waals surface area contributed by atoms with Crippen LogP contribution in [-0.4, -0.2) is 52.7 Å². The fourth-order valence-electron chi connectivity index (χ4n) is 2.46. The van der Waals surface area contributed by atoms with E-state index < -0.39 is 0 Å². The molecule has 0 saturated carbocycles. The predicted octanol–water partition coefficient (Wildman–Crippen LogP) is 1.42. The Morgan fingerprint density at radius 2 is 2.30 bits per heavy atom. The van der Waals surface area contributed by atoms with Crippen LogP contribution in [-0.2, 0) is 0 Å². The van der Waals surface area contributed by atoms with E-state index in [0.29, 0.717) is 4.88 Å². The number of hydrogen-bond acceptors (Lipinski definition) is 5. The number of amides is 1. The first-order valence-corrected chi connectivity index (χ1v) is 8.09. The Morgan fingerprint density at radius 3 is 2.85 bits per heavy atom. The average Bonchev–Trinajstić information content (AvgIpc) is 2.87. The molecule has 20 heavy (non-hydrogen) atoms. The molecule has 1 aromatic rings. The summed E-state index contributed by atoms with van der Waals surface area (Å²) in [5.41, 5.74) is 2.51. The maximum absolute atomic E-state index is 12.1. The number of nitrogens with one attached hydrogen (secondary N) is 1. The summed E-state index contributed by atoms with van der Waals surface area (Å²) in [6.07, 6.45) is 2.45. The molecule has 1 fully saturated rings. The summed E-state index contributed by atoms with van der Waals surface area (Å²) in [4.78, 5) is 19.2. The first kappa shape index (κ1) is 15.4. The fourth-order valence-corrected chi connectivity index (χ4v) is 3.16. The van der Waals surface area contributed by atoms with Gasteiger partial charge in [-0.05, 0) is 26.2 Å². The number of aliphatic hydroxyl groups excluding tert-OH is 1. The highest BCUT2D eigenvalue weighted by Gasteiger charge is 2.23. The standard InChI is InChI=1S/C14H23N3O2S/c1-3-12(18)8-17-6-4-11(5-7-17)16-14(19)13-10(2)15-9-20-13/h9,11-12,18H,3-8H2,1-2H3,(H,16,19). The van der Waals surface area contributed by atoms with Crippen molar-refractivity contribution >= 4 is 17.2 Å². The van der Waals surface area contributed by atoms with Crippen LogP contribution in [0.2, 0.25) is 0 Å². The summed E-state index contributed by atoms with van der Waals surface area (Å²) in [6.45, 7) is 6.47. The lowest BCUT2D eigenvalue weighted by Crippen LogP contribution is -2.46. The molecule has 1 aliphatic heterocycles. The molecule has 0 aliphatic carbocycles. The van der Waals surface area contributed by atoms with Crippen molar-refractivity contribution in [2.75, 3.05) is 19.6 Å². The number of thiazole rings is 1. The van der Waals surface area contributed by atoms with Crippen molar-refractivity contribution in [2.24, 2.45) is 0 Å². The third kappa shape index (κ3) is 4.01. The van der Waals surface area contributed by atoms with E-state index in [1.165, 1.54) is 11.3 Å². The molecule has 0 radical (unpaired) electrons. The van der Waals surface area contributed by atoms with Crippen molar-refractivity contribution in [3.63, 3.8) is 0 Å². The molecule has 1 atom stereocenters. The highest BCUT2D eigenvalue weighted by molar-refractivity contribution is 7.11. The maximum Gasteiger partial charge on any atom is 0.263 e. The minimum absolute atomic E-state index is 0.00274. The van der Waals surface area contributed by atoms with Crippen LogP contribution in [0.1, 0.15) is 41.6 Å². The molecular formula is C14H23N3O2S. The summed E-state index contributed by atoms with van der Waals surface area (Å²) in [6, 6.07) is 0.235. The SMILES string of the molecule is CCC(O)CN1CCC(NC(=O)c2scnc2C)CC1. The van der Waals surface area contributed by atoms with Gasteiger partial charge in [-0.2, -0.15) is 0 Å². The highest BCUT2D eigenvalue weighted by atomic mass is 32.1. The van der Waals surface area contributed by atoms with Gasteiger partial charge < -0.3 is 15.3 Å². The molecule has 0 aromatic carbocycles. The molecule has 5 nitrogen and oxygen atoms in total. The molecule has 2 heterocycles. The number of aryl methyl sites for hydroxylation is 1. The van der Waals surface area contributed by atoms with Gasteiger partial charge in [0.15, 0.2) is 0 Å². The molecule has 112 valence electrons. The van der Waals surface area contributed by atoms with Crippen LogP contribution in [0.3, 0.4) is 0 Å². The number of rotatable bonds is 5. The number of nitrogens with zero attached hydrogens (tertiary/aromatic N) is 2. The number of β-amino-alcohol motifs (C(OH)–C–C–N with tert-alkyl or cyclic N) is 1. The number of aliphatic hydroxyl groups is 1. The molecule has 1 amide bonds. The van der Waals surface area contributed by atoms with E-state index in [0.717, 1.165) is 44.6 Å². The van der Waals surface area contributed by atoms with Gasteiger partial charge in [0, 0.05) is 25.7 Å². The number of aromatic nitrogens is 1. The second-order valence-electron chi connectivity index (χ2n) is 5.38.